The van der Waals surface area contributed by atoms with Crippen LogP contribution in [0.5, 0.6) is 0 Å². The first-order chi connectivity index (χ1) is 19.9. The quantitative estimate of drug-likeness (QED) is 0.191. The van der Waals surface area contributed by atoms with E-state index in [9.17, 15) is 10.1 Å². The second-order valence-corrected chi connectivity index (χ2v) is 10.2. The number of hydrogen-bond acceptors (Lipinski definition) is 7. The molecule has 2 atom stereocenters. The van der Waals surface area contributed by atoms with Crippen LogP contribution in [0.15, 0.2) is 79.1 Å². The van der Waals surface area contributed by atoms with Crippen molar-refractivity contribution in [2.45, 2.75) is 25.4 Å². The van der Waals surface area contributed by atoms with E-state index in [1.54, 1.807) is 38.6 Å². The Morgan fingerprint density at radius 1 is 1.05 bits per heavy atom. The monoisotopic (exact) mass is 564 g/mol. The minimum Gasteiger partial charge on any atom is -0.377 e. The number of nitriles is 1. The molecule has 0 fully saturated rings. The summed E-state index contributed by atoms with van der Waals surface area (Å²) in [5.74, 6) is -0.103. The summed E-state index contributed by atoms with van der Waals surface area (Å²) >= 11 is 6.78. The number of aromatic amines is 1. The summed E-state index contributed by atoms with van der Waals surface area (Å²) in [6.07, 6.45) is 3.99. The number of anilines is 2. The predicted octanol–water partition coefficient (Wildman–Crippen LogP) is 6.34. The molecule has 9 nitrogen and oxygen atoms in total. The Kier molecular flexibility index (Phi) is 8.13. The third-order valence-corrected chi connectivity index (χ3v) is 7.18. The van der Waals surface area contributed by atoms with Gasteiger partial charge >= 0.3 is 0 Å². The van der Waals surface area contributed by atoms with Gasteiger partial charge in [-0.1, -0.05) is 61.0 Å². The summed E-state index contributed by atoms with van der Waals surface area (Å²) in [4.78, 5) is 18.7. The Balaban J connectivity index is 1.59. The Morgan fingerprint density at radius 3 is 2.51 bits per heavy atom. The maximum atomic E-state index is 12.7. The van der Waals surface area contributed by atoms with E-state index in [2.05, 4.69) is 56.2 Å². The molecule has 0 aliphatic heterocycles. The van der Waals surface area contributed by atoms with Gasteiger partial charge in [0.25, 0.3) is 5.91 Å². The fraction of sp³-hybridized carbons (Fsp3) is 0.194. The van der Waals surface area contributed by atoms with E-state index in [4.69, 9.17) is 11.6 Å². The maximum Gasteiger partial charge on any atom is 0.253 e. The Morgan fingerprint density at radius 2 is 1.83 bits per heavy atom. The molecule has 0 bridgehead atoms. The van der Waals surface area contributed by atoms with Crippen molar-refractivity contribution in [1.82, 2.24) is 25.3 Å². The number of nitrogens with one attached hydrogen (secondary N) is 3. The number of carbonyl (C=O) groups excluding carboxylic acids is 1. The Labute approximate surface area is 243 Å². The molecular formula is C31H29ClN8O. The molecule has 0 aliphatic rings. The number of nitrogens with zero attached hydrogens (tertiary/aromatic N) is 5. The van der Waals surface area contributed by atoms with Crippen molar-refractivity contribution in [3.63, 3.8) is 0 Å². The van der Waals surface area contributed by atoms with Gasteiger partial charge in [-0.2, -0.15) is 20.7 Å². The van der Waals surface area contributed by atoms with Crippen molar-refractivity contribution < 1.29 is 4.79 Å². The summed E-state index contributed by atoms with van der Waals surface area (Å²) in [6.45, 7) is 2.09. The fourth-order valence-corrected chi connectivity index (χ4v) is 5.09. The topological polar surface area (TPSA) is 123 Å². The van der Waals surface area contributed by atoms with Gasteiger partial charge in [0.05, 0.1) is 40.1 Å². The highest BCUT2D eigenvalue weighted by atomic mass is 35.5. The second-order valence-electron chi connectivity index (χ2n) is 9.83. The van der Waals surface area contributed by atoms with Gasteiger partial charge in [-0.3, -0.25) is 9.78 Å². The molecule has 10 heteroatoms. The minimum atomic E-state index is -0.451. The maximum absolute atomic E-state index is 12.7. The number of hydrogen-bond donors (Lipinski definition) is 3. The molecule has 0 saturated heterocycles. The van der Waals surface area contributed by atoms with E-state index in [1.807, 2.05) is 42.5 Å². The van der Waals surface area contributed by atoms with E-state index in [0.29, 0.717) is 44.1 Å². The van der Waals surface area contributed by atoms with Gasteiger partial charge in [0.2, 0.25) is 0 Å². The zero-order chi connectivity index (χ0) is 28.9. The average Bonchev–Trinajstić information content (AvgIpc) is 3.53. The van der Waals surface area contributed by atoms with Crippen molar-refractivity contribution >= 4 is 39.8 Å². The first-order valence-electron chi connectivity index (χ1n) is 13.2. The van der Waals surface area contributed by atoms with Gasteiger partial charge in [0.1, 0.15) is 11.8 Å². The minimum absolute atomic E-state index is 0.0239. The van der Waals surface area contributed by atoms with Crippen LogP contribution in [0.1, 0.15) is 58.2 Å². The smallest absolute Gasteiger partial charge is 0.253 e. The largest absolute Gasteiger partial charge is 0.377 e. The van der Waals surface area contributed by atoms with Crippen LogP contribution in [0.2, 0.25) is 5.02 Å². The number of H-pyrrole nitrogens is 1. The molecule has 3 aromatic carbocycles. The highest BCUT2D eigenvalue weighted by molar-refractivity contribution is 6.35. The molecule has 206 valence electrons. The Bertz CT molecular complexity index is 1710. The van der Waals surface area contributed by atoms with Crippen LogP contribution in [0.3, 0.4) is 0 Å². The van der Waals surface area contributed by atoms with Gasteiger partial charge in [-0.15, -0.1) is 0 Å². The molecular weight excluding hydrogens is 536 g/mol. The zero-order valence-electron chi connectivity index (χ0n) is 22.9. The molecule has 1 amide bonds. The van der Waals surface area contributed by atoms with Crippen molar-refractivity contribution in [3.8, 4) is 6.07 Å². The average molecular weight is 565 g/mol. The molecule has 0 radical (unpaired) electrons. The fourth-order valence-electron chi connectivity index (χ4n) is 4.82. The SMILES string of the molecule is CCC(Nc1c(C#N)cnc2c(Cl)cc(NC(c3cccc(C(=O)N(C)C)c3)c3cn[nH]n3)cc12)c1ccccc1. The number of benzene rings is 3. The van der Waals surface area contributed by atoms with E-state index >= 15 is 0 Å². The number of rotatable bonds is 9. The van der Waals surface area contributed by atoms with E-state index in [0.717, 1.165) is 17.5 Å². The van der Waals surface area contributed by atoms with Crippen LogP contribution in [0.4, 0.5) is 11.4 Å². The number of carbonyl (C=O) groups is 1. The molecule has 3 N–H and O–H groups in total. The Hall–Kier alpha value is -4.94. The van der Waals surface area contributed by atoms with Crippen molar-refractivity contribution in [2.24, 2.45) is 0 Å². The van der Waals surface area contributed by atoms with Crippen molar-refractivity contribution in [3.05, 3.63) is 112 Å². The summed E-state index contributed by atoms with van der Waals surface area (Å²) < 4.78 is 0. The number of aromatic nitrogens is 4. The first kappa shape index (κ1) is 27.6. The van der Waals surface area contributed by atoms with Crippen molar-refractivity contribution in [1.29, 1.82) is 5.26 Å². The van der Waals surface area contributed by atoms with Gasteiger partial charge in [0, 0.05) is 36.9 Å². The highest BCUT2D eigenvalue weighted by Crippen LogP contribution is 2.37. The van der Waals surface area contributed by atoms with Crippen molar-refractivity contribution in [2.75, 3.05) is 24.7 Å². The standard InChI is InChI=1S/C31H29ClN8O/c1-4-26(19-9-6-5-7-10-19)37-28-22(16-33)17-34-30-24(28)14-23(15-25(30)32)36-29(27-18-35-39-38-27)20-11-8-12-21(13-20)31(41)40(2)3/h5-15,17-18,26,29,36H,4H2,1-3H3,(H,34,37)(H,35,38,39). The molecule has 5 aromatic rings. The lowest BCUT2D eigenvalue weighted by atomic mass is 10.00. The highest BCUT2D eigenvalue weighted by Gasteiger charge is 2.21. The molecule has 2 aromatic heterocycles. The third-order valence-electron chi connectivity index (χ3n) is 6.89. The van der Waals surface area contributed by atoms with E-state index in [1.165, 1.54) is 4.90 Å². The second kappa shape index (κ2) is 12.1. The molecule has 5 rings (SSSR count). The van der Waals surface area contributed by atoms with Gasteiger partial charge < -0.3 is 15.5 Å². The third kappa shape index (κ3) is 5.83. The van der Waals surface area contributed by atoms with Crippen LogP contribution < -0.4 is 10.6 Å². The van der Waals surface area contributed by atoms with Crippen LogP contribution >= 0.6 is 11.6 Å². The molecule has 2 heterocycles. The molecule has 0 aliphatic carbocycles. The normalized spacial score (nSPS) is 12.4. The van der Waals surface area contributed by atoms with Crippen LogP contribution in [-0.2, 0) is 0 Å². The van der Waals surface area contributed by atoms with Gasteiger partial charge in [0.15, 0.2) is 0 Å². The van der Waals surface area contributed by atoms with Crippen LogP contribution in [0, 0.1) is 11.3 Å². The lowest BCUT2D eigenvalue weighted by Gasteiger charge is -2.23. The molecule has 41 heavy (non-hydrogen) atoms. The number of amides is 1. The zero-order valence-corrected chi connectivity index (χ0v) is 23.6. The first-order valence-corrected chi connectivity index (χ1v) is 13.5. The number of fused-ring (bicyclic) bond motifs is 1. The summed E-state index contributed by atoms with van der Waals surface area (Å²) in [6, 6.07) is 23.0. The van der Waals surface area contributed by atoms with E-state index in [-0.39, 0.29) is 11.9 Å². The summed E-state index contributed by atoms with van der Waals surface area (Å²) in [7, 11) is 3.44. The van der Waals surface area contributed by atoms with E-state index < -0.39 is 6.04 Å². The van der Waals surface area contributed by atoms with Gasteiger partial charge in [-0.25, -0.2) is 0 Å². The molecule has 0 saturated carbocycles. The molecule has 2 unspecified atom stereocenters. The lowest BCUT2D eigenvalue weighted by molar-refractivity contribution is 0.0827. The lowest BCUT2D eigenvalue weighted by Crippen LogP contribution is -2.22. The number of halogens is 1. The molecule has 0 spiro atoms. The van der Waals surface area contributed by atoms with Crippen LogP contribution in [-0.4, -0.2) is 45.3 Å². The predicted molar refractivity (Wildman–Crippen MR) is 161 cm³/mol. The number of pyridine rings is 1. The van der Waals surface area contributed by atoms with Gasteiger partial charge in [-0.05, 0) is 41.8 Å². The van der Waals surface area contributed by atoms with Crippen LogP contribution in [0.25, 0.3) is 10.9 Å². The summed E-state index contributed by atoms with van der Waals surface area (Å²) in [5, 5.41) is 29.2. The summed E-state index contributed by atoms with van der Waals surface area (Å²) in [5.41, 5.74) is 5.47.